The molecule has 0 saturated carbocycles. The number of benzene rings is 1. The Morgan fingerprint density at radius 1 is 1.04 bits per heavy atom. The van der Waals surface area contributed by atoms with E-state index in [0.717, 1.165) is 7.11 Å². The summed E-state index contributed by atoms with van der Waals surface area (Å²) in [5, 5.41) is 0. The van der Waals surface area contributed by atoms with Gasteiger partial charge < -0.3 is 19.3 Å². The first-order valence-corrected chi connectivity index (χ1v) is 7.93. The number of ether oxygens (including phenoxy) is 2. The van der Waals surface area contributed by atoms with Gasteiger partial charge in [-0.05, 0) is 32.9 Å². The van der Waals surface area contributed by atoms with Gasteiger partial charge in [0.2, 0.25) is 0 Å². The van der Waals surface area contributed by atoms with E-state index in [1.54, 1.807) is 25.7 Å². The highest BCUT2D eigenvalue weighted by molar-refractivity contribution is 5.90. The molecule has 0 bridgehead atoms. The van der Waals surface area contributed by atoms with E-state index in [2.05, 4.69) is 4.74 Å². The molecule has 0 radical (unpaired) electrons. The number of amides is 1. The molecule has 1 aliphatic heterocycles. The summed E-state index contributed by atoms with van der Waals surface area (Å²) in [6.45, 7) is 6.65. The summed E-state index contributed by atoms with van der Waals surface area (Å²) in [6, 6.07) is 2.54. The number of piperazine rings is 1. The summed E-state index contributed by atoms with van der Waals surface area (Å²) in [5.74, 6) is -3.27. The number of hydrogen-bond donors (Lipinski definition) is 0. The van der Waals surface area contributed by atoms with Gasteiger partial charge in [0.25, 0.3) is 0 Å². The number of methoxy groups -OCH3 is 1. The van der Waals surface area contributed by atoms with Crippen molar-refractivity contribution in [3.63, 3.8) is 0 Å². The molecule has 8 heteroatoms. The lowest BCUT2D eigenvalue weighted by Crippen LogP contribution is -2.50. The normalized spacial score (nSPS) is 15.1. The molecule has 1 fully saturated rings. The molecule has 0 aliphatic carbocycles. The van der Waals surface area contributed by atoms with Crippen molar-refractivity contribution < 1.29 is 27.8 Å². The quantitative estimate of drug-likeness (QED) is 0.763. The van der Waals surface area contributed by atoms with Crippen LogP contribution >= 0.6 is 0 Å². The maximum atomic E-state index is 14.3. The molecule has 0 unspecified atom stereocenters. The molecule has 1 aliphatic rings. The zero-order valence-corrected chi connectivity index (χ0v) is 14.8. The van der Waals surface area contributed by atoms with E-state index in [4.69, 9.17) is 4.74 Å². The van der Waals surface area contributed by atoms with Crippen LogP contribution < -0.4 is 4.90 Å². The molecule has 0 atom stereocenters. The smallest absolute Gasteiger partial charge is 0.410 e. The minimum absolute atomic E-state index is 0.0500. The van der Waals surface area contributed by atoms with Crippen molar-refractivity contribution in [2.75, 3.05) is 38.2 Å². The van der Waals surface area contributed by atoms with E-state index in [9.17, 15) is 18.4 Å². The van der Waals surface area contributed by atoms with Gasteiger partial charge in [-0.25, -0.2) is 18.4 Å². The molecular weight excluding hydrogens is 334 g/mol. The van der Waals surface area contributed by atoms with Crippen LogP contribution in [0.3, 0.4) is 0 Å². The second kappa shape index (κ2) is 7.25. The monoisotopic (exact) mass is 356 g/mol. The summed E-state index contributed by atoms with van der Waals surface area (Å²) in [5.41, 5.74) is -0.988. The Bertz CT molecular complexity index is 665. The van der Waals surface area contributed by atoms with Crippen LogP contribution in [-0.2, 0) is 9.47 Å². The summed E-state index contributed by atoms with van der Waals surface area (Å²) in [4.78, 5) is 26.6. The van der Waals surface area contributed by atoms with Crippen molar-refractivity contribution in [2.24, 2.45) is 0 Å². The second-order valence-electron chi connectivity index (χ2n) is 6.71. The molecule has 1 saturated heterocycles. The van der Waals surface area contributed by atoms with Crippen molar-refractivity contribution >= 4 is 17.7 Å². The van der Waals surface area contributed by atoms with Gasteiger partial charge in [0.05, 0.1) is 18.4 Å². The Balaban J connectivity index is 2.07. The van der Waals surface area contributed by atoms with Crippen LogP contribution in [0.25, 0.3) is 0 Å². The highest BCUT2D eigenvalue weighted by atomic mass is 19.2. The third-order valence-electron chi connectivity index (χ3n) is 3.74. The standard InChI is InChI=1S/C17H22F2N2O4/c1-17(2,3)25-16(23)21-9-7-20(8-10-21)12-6-5-11(15(22)24-4)13(18)14(12)19/h5-6H,7-10H2,1-4H3. The molecule has 2 rings (SSSR count). The summed E-state index contributed by atoms with van der Waals surface area (Å²) in [6.07, 6.45) is -0.431. The van der Waals surface area contributed by atoms with Gasteiger partial charge in [0.15, 0.2) is 11.6 Å². The van der Waals surface area contributed by atoms with Gasteiger partial charge in [-0.2, -0.15) is 0 Å². The van der Waals surface area contributed by atoms with E-state index >= 15 is 0 Å². The van der Waals surface area contributed by atoms with Gasteiger partial charge >= 0.3 is 12.1 Å². The van der Waals surface area contributed by atoms with Crippen LogP contribution in [0.4, 0.5) is 19.3 Å². The fourth-order valence-corrected chi connectivity index (χ4v) is 2.51. The largest absolute Gasteiger partial charge is 0.465 e. The summed E-state index contributed by atoms with van der Waals surface area (Å²) >= 11 is 0. The Morgan fingerprint density at radius 2 is 1.64 bits per heavy atom. The van der Waals surface area contributed by atoms with Crippen molar-refractivity contribution in [2.45, 2.75) is 26.4 Å². The maximum Gasteiger partial charge on any atom is 0.410 e. The highest BCUT2D eigenvalue weighted by Crippen LogP contribution is 2.26. The van der Waals surface area contributed by atoms with E-state index in [1.165, 1.54) is 17.0 Å². The third-order valence-corrected chi connectivity index (χ3v) is 3.74. The molecular formula is C17H22F2N2O4. The van der Waals surface area contributed by atoms with Crippen LogP contribution in [0.5, 0.6) is 0 Å². The van der Waals surface area contributed by atoms with Crippen molar-refractivity contribution in [1.29, 1.82) is 0 Å². The van der Waals surface area contributed by atoms with Crippen molar-refractivity contribution in [3.8, 4) is 0 Å². The lowest BCUT2D eigenvalue weighted by Gasteiger charge is -2.36. The number of hydrogen-bond acceptors (Lipinski definition) is 5. The molecule has 1 aromatic rings. The molecule has 138 valence electrons. The number of esters is 1. The Labute approximate surface area is 145 Å². The van der Waals surface area contributed by atoms with Gasteiger partial charge in [-0.1, -0.05) is 0 Å². The van der Waals surface area contributed by atoms with Crippen LogP contribution in [0.2, 0.25) is 0 Å². The SMILES string of the molecule is COC(=O)c1ccc(N2CCN(C(=O)OC(C)(C)C)CC2)c(F)c1F. The molecule has 0 spiro atoms. The van der Waals surface area contributed by atoms with Gasteiger partial charge in [-0.15, -0.1) is 0 Å². The number of anilines is 1. The minimum atomic E-state index is -1.24. The van der Waals surface area contributed by atoms with Crippen molar-refractivity contribution in [1.82, 2.24) is 4.90 Å². The second-order valence-corrected chi connectivity index (χ2v) is 6.71. The maximum absolute atomic E-state index is 14.3. The van der Waals surface area contributed by atoms with Gasteiger partial charge in [0.1, 0.15) is 5.60 Å². The third kappa shape index (κ3) is 4.37. The molecule has 1 aromatic carbocycles. The first kappa shape index (κ1) is 19.0. The van der Waals surface area contributed by atoms with Gasteiger partial charge in [-0.3, -0.25) is 0 Å². The van der Waals surface area contributed by atoms with E-state index in [1.807, 2.05) is 0 Å². The predicted octanol–water partition coefficient (Wildman–Crippen LogP) is 2.81. The number of carbonyl (C=O) groups excluding carboxylic acids is 2. The average molecular weight is 356 g/mol. The van der Waals surface area contributed by atoms with Crippen molar-refractivity contribution in [3.05, 3.63) is 29.3 Å². The first-order valence-electron chi connectivity index (χ1n) is 7.93. The fraction of sp³-hybridized carbons (Fsp3) is 0.529. The number of carbonyl (C=O) groups is 2. The van der Waals surface area contributed by atoms with Crippen LogP contribution in [0.15, 0.2) is 12.1 Å². The zero-order chi connectivity index (χ0) is 18.8. The van der Waals surface area contributed by atoms with E-state index < -0.39 is 34.9 Å². The molecule has 25 heavy (non-hydrogen) atoms. The Kier molecular flexibility index (Phi) is 5.49. The first-order chi connectivity index (χ1) is 11.6. The van der Waals surface area contributed by atoms with Gasteiger partial charge in [0, 0.05) is 26.2 Å². The topological polar surface area (TPSA) is 59.1 Å². The van der Waals surface area contributed by atoms with Crippen LogP contribution in [0, 0.1) is 11.6 Å². The number of halogens is 2. The summed E-state index contributed by atoms with van der Waals surface area (Å²) < 4.78 is 38.1. The molecule has 1 amide bonds. The molecule has 0 N–H and O–H groups in total. The average Bonchev–Trinajstić information content (AvgIpc) is 2.55. The minimum Gasteiger partial charge on any atom is -0.465 e. The highest BCUT2D eigenvalue weighted by Gasteiger charge is 2.28. The molecule has 1 heterocycles. The molecule has 0 aromatic heterocycles. The number of nitrogens with zero attached hydrogens (tertiary/aromatic N) is 2. The Morgan fingerprint density at radius 3 is 2.16 bits per heavy atom. The van der Waals surface area contributed by atoms with E-state index in [0.29, 0.717) is 26.2 Å². The lowest BCUT2D eigenvalue weighted by atomic mass is 10.1. The Hall–Kier alpha value is -2.38. The lowest BCUT2D eigenvalue weighted by molar-refractivity contribution is 0.0240. The zero-order valence-electron chi connectivity index (χ0n) is 14.8. The summed E-state index contributed by atoms with van der Waals surface area (Å²) in [7, 11) is 1.10. The van der Waals surface area contributed by atoms with Crippen LogP contribution in [0.1, 0.15) is 31.1 Å². The number of rotatable bonds is 2. The fourth-order valence-electron chi connectivity index (χ4n) is 2.51. The van der Waals surface area contributed by atoms with E-state index in [-0.39, 0.29) is 5.69 Å². The molecule has 6 nitrogen and oxygen atoms in total. The predicted molar refractivity (Wildman–Crippen MR) is 87.7 cm³/mol. The van der Waals surface area contributed by atoms with Crippen LogP contribution in [-0.4, -0.2) is 55.9 Å².